The van der Waals surface area contributed by atoms with Gasteiger partial charge in [0.05, 0.1) is 5.56 Å². The molecule has 88 heavy (non-hydrogen) atoms. The fourth-order valence-electron chi connectivity index (χ4n) is 7.39. The van der Waals surface area contributed by atoms with Crippen LogP contribution in [0, 0.1) is 47.3 Å². The summed E-state index contributed by atoms with van der Waals surface area (Å²) in [7, 11) is 0. The van der Waals surface area contributed by atoms with Crippen molar-refractivity contribution < 1.29 is 39.0 Å². The number of nitrogen functional groups attached to an aromatic ring is 2. The Morgan fingerprint density at radius 2 is 0.830 bits per heavy atom. The van der Waals surface area contributed by atoms with Crippen LogP contribution >= 0.6 is 27.5 Å². The number of aliphatic imine (C=N–C) groups is 1. The molecule has 0 aliphatic rings. The molecule has 0 heterocycles. The first-order valence-corrected chi connectivity index (χ1v) is 31.2. The van der Waals surface area contributed by atoms with Crippen molar-refractivity contribution in [1.29, 1.82) is 0 Å². The smallest absolute Gasteiger partial charge is 0.335 e. The van der Waals surface area contributed by atoms with Crippen LogP contribution in [0.4, 0.5) is 11.4 Å². The first kappa shape index (κ1) is 82.6. The van der Waals surface area contributed by atoms with E-state index >= 15 is 0 Å². The zero-order valence-electron chi connectivity index (χ0n) is 55.2. The van der Waals surface area contributed by atoms with Gasteiger partial charge < -0.3 is 33.1 Å². The van der Waals surface area contributed by atoms with Gasteiger partial charge in [0.1, 0.15) is 5.78 Å². The number of hydrogen-bond acceptors (Lipinski definition) is 9. The van der Waals surface area contributed by atoms with Crippen LogP contribution in [0.3, 0.4) is 0 Å². The minimum Gasteiger partial charge on any atom is -0.481 e. The summed E-state index contributed by atoms with van der Waals surface area (Å²) in [5.74, 6) is 1.46. The van der Waals surface area contributed by atoms with E-state index in [0.717, 1.165) is 34.0 Å². The molecule has 6 aromatic carbocycles. The van der Waals surface area contributed by atoms with Crippen molar-refractivity contribution in [3.8, 4) is 0 Å². The number of ketones is 4. The van der Waals surface area contributed by atoms with E-state index in [1.54, 1.807) is 60.7 Å². The molecule has 0 bridgehead atoms. The zero-order valence-corrected chi connectivity index (χ0v) is 57.5. The minimum absolute atomic E-state index is 0.0296. The summed E-state index contributed by atoms with van der Waals surface area (Å²) in [6, 6.07) is 47.3. The fourth-order valence-corrected chi connectivity index (χ4v) is 7.78. The number of hydrogen-bond donors (Lipinski definition) is 6. The molecular formula is C73H103BrClN5O8. The number of aromatic carboxylic acids is 1. The van der Waals surface area contributed by atoms with Gasteiger partial charge in [-0.2, -0.15) is 0 Å². The number of carbonyl (C=O) groups excluding carboxylic acids is 4. The van der Waals surface area contributed by atoms with Crippen molar-refractivity contribution >= 4 is 79.9 Å². The van der Waals surface area contributed by atoms with E-state index in [4.69, 9.17) is 44.7 Å². The Balaban J connectivity index is 0. The molecule has 0 aliphatic heterocycles. The Labute approximate surface area is 540 Å². The monoisotopic (exact) mass is 1290 g/mol. The largest absolute Gasteiger partial charge is 0.481 e. The van der Waals surface area contributed by atoms with Crippen LogP contribution in [0.5, 0.6) is 0 Å². The molecular weight excluding hydrogens is 1190 g/mol. The highest BCUT2D eigenvalue weighted by molar-refractivity contribution is 9.10. The van der Waals surface area contributed by atoms with Gasteiger partial charge in [-0.25, -0.2) is 4.79 Å². The van der Waals surface area contributed by atoms with Crippen molar-refractivity contribution in [3.63, 3.8) is 0 Å². The Kier molecular flexibility index (Phi) is 43.9. The van der Waals surface area contributed by atoms with Crippen LogP contribution in [-0.4, -0.2) is 57.8 Å². The molecule has 0 saturated carbocycles. The Morgan fingerprint density at radius 3 is 1.19 bits per heavy atom. The fraction of sp³-hybridized carbons (Fsp3) is 0.411. The lowest BCUT2D eigenvalue weighted by molar-refractivity contribution is -0.137. The molecule has 482 valence electrons. The predicted octanol–water partition coefficient (Wildman–Crippen LogP) is 17.5. The highest BCUT2D eigenvalue weighted by Crippen LogP contribution is 2.17. The molecule has 13 nitrogen and oxygen atoms in total. The van der Waals surface area contributed by atoms with Crippen LogP contribution in [-0.2, 0) is 28.9 Å². The van der Waals surface area contributed by atoms with Crippen molar-refractivity contribution in [3.05, 3.63) is 200 Å². The van der Waals surface area contributed by atoms with Gasteiger partial charge >= 0.3 is 11.9 Å². The van der Waals surface area contributed by atoms with Gasteiger partial charge in [-0.1, -0.05) is 217 Å². The summed E-state index contributed by atoms with van der Waals surface area (Å²) in [6.07, 6.45) is 4.19. The van der Waals surface area contributed by atoms with Crippen LogP contribution in [0.25, 0.3) is 0 Å². The third-order valence-electron chi connectivity index (χ3n) is 11.8. The van der Waals surface area contributed by atoms with Crippen molar-refractivity contribution in [2.75, 3.05) is 18.0 Å². The average molecular weight is 1290 g/mol. The minimum atomic E-state index is -0.978. The van der Waals surface area contributed by atoms with Crippen molar-refractivity contribution in [2.24, 2.45) is 63.8 Å². The molecule has 6 aromatic rings. The van der Waals surface area contributed by atoms with Gasteiger partial charge in [-0.3, -0.25) is 29.0 Å². The number of Topliss-reactive ketones (excluding diaryl/α,β-unsaturated/α-hetero) is 4. The Hall–Kier alpha value is -7.42. The molecule has 0 saturated heterocycles. The maximum absolute atomic E-state index is 11.5. The SMILES string of the molecule is CC(C)C(=O)CCN=C(N)N.CC(C)C(=O)c1ccc(C(=O)O)cc1.CC(C)C(=O)c1ccc(Cl)cc1.CC(C)C(=O)c1cccc(N)c1.CC(C)CC(=O)O.CC(C)Cc1ccc(Br)cc1.CC(C)Cc1cccc(N)c1.CC(C)Cc1ccccc1. The van der Waals surface area contributed by atoms with E-state index in [2.05, 4.69) is 123 Å². The Morgan fingerprint density at radius 1 is 0.443 bits per heavy atom. The summed E-state index contributed by atoms with van der Waals surface area (Å²) >= 11 is 9.10. The predicted molar refractivity (Wildman–Crippen MR) is 373 cm³/mol. The number of nitrogens with two attached hydrogens (primary N) is 4. The summed E-state index contributed by atoms with van der Waals surface area (Å²) in [6.45, 7) is 32.4. The van der Waals surface area contributed by atoms with E-state index in [1.807, 2.05) is 87.4 Å². The number of rotatable bonds is 19. The first-order chi connectivity index (χ1) is 41.1. The highest BCUT2D eigenvalue weighted by Gasteiger charge is 2.13. The lowest BCUT2D eigenvalue weighted by Crippen LogP contribution is -2.23. The van der Waals surface area contributed by atoms with Crippen molar-refractivity contribution in [1.82, 2.24) is 0 Å². The maximum atomic E-state index is 11.5. The summed E-state index contributed by atoms with van der Waals surface area (Å²) in [5, 5.41) is 17.4. The molecule has 0 atom stereocenters. The van der Waals surface area contributed by atoms with Crippen molar-refractivity contribution in [2.45, 2.75) is 143 Å². The molecule has 0 spiro atoms. The van der Waals surface area contributed by atoms with E-state index < -0.39 is 11.9 Å². The number of carboxylic acids is 2. The van der Waals surface area contributed by atoms with E-state index in [9.17, 15) is 28.8 Å². The summed E-state index contributed by atoms with van der Waals surface area (Å²) < 4.78 is 1.16. The first-order valence-electron chi connectivity index (χ1n) is 30.1. The number of halogens is 2. The molecule has 0 unspecified atom stereocenters. The van der Waals surface area contributed by atoms with Crippen LogP contribution in [0.1, 0.15) is 182 Å². The van der Waals surface area contributed by atoms with Crippen LogP contribution < -0.4 is 22.9 Å². The van der Waals surface area contributed by atoms with E-state index in [0.29, 0.717) is 40.7 Å². The number of benzene rings is 6. The van der Waals surface area contributed by atoms with E-state index in [-0.39, 0.29) is 70.7 Å². The highest BCUT2D eigenvalue weighted by atomic mass is 79.9. The average Bonchev–Trinajstić information content (AvgIpc) is 3.56. The maximum Gasteiger partial charge on any atom is 0.335 e. The molecule has 6 rings (SSSR count). The summed E-state index contributed by atoms with van der Waals surface area (Å²) in [5.41, 5.74) is 29.2. The Bertz CT molecular complexity index is 2950. The van der Waals surface area contributed by atoms with Gasteiger partial charge in [0.2, 0.25) is 0 Å². The molecule has 0 amide bonds. The second-order valence-corrected chi connectivity index (χ2v) is 25.2. The third kappa shape index (κ3) is 43.2. The standard InChI is InChI=1S/C11H12O3.C10H13Br.C10H11ClO.C10H13NO.C10H15N.C10H14.C7H15N3O.C5H10O2/c1-7(2)10(12)8-3-5-9(6-4-8)11(13)14;1-8(2)7-9-3-5-10(11)6-4-9;1-7(2)10(12)8-3-5-9(11)6-4-8;1-7(2)10(12)8-4-3-5-9(11)6-8;1-8(2)6-9-4-3-5-10(11)7-9;1-9(2)8-10-6-4-3-5-7-10;1-5(2)6(11)3-4-10-7(8)9;1-4(2)3-5(6)7/h3-7H,1-2H3,(H,13,14);3-6,8H,7H2,1-2H3;3-7H,1-2H3;3-7H,11H2,1-2H3;3-5,7-8H,6,11H2,1-2H3;3-7,9H,8H2,1-2H3;5H,3-4H2,1-2H3,(H4,8,9,10);4H,3H2,1-2H3,(H,6,7). The number of guanidine groups is 1. The zero-order chi connectivity index (χ0) is 67.6. The van der Waals surface area contributed by atoms with Gasteiger partial charge in [0, 0.05) is 80.6 Å². The van der Waals surface area contributed by atoms with Crippen LogP contribution in [0.2, 0.25) is 5.02 Å². The molecule has 0 fully saturated rings. The number of carboxylic acid groups (broad SMARTS) is 2. The van der Waals surface area contributed by atoms with Gasteiger partial charge in [0.25, 0.3) is 0 Å². The molecule has 0 aliphatic carbocycles. The second kappa shape index (κ2) is 46.7. The number of aliphatic carboxylic acids is 1. The second-order valence-electron chi connectivity index (χ2n) is 23.9. The van der Waals surface area contributed by atoms with Crippen LogP contribution in [0.15, 0.2) is 161 Å². The summed E-state index contributed by atoms with van der Waals surface area (Å²) in [4.78, 5) is 69.3. The molecule has 0 aromatic heterocycles. The lowest BCUT2D eigenvalue weighted by atomic mass is 10.0. The molecule has 10 N–H and O–H groups in total. The normalized spacial score (nSPS) is 10.2. The number of nitrogens with zero attached hydrogens (tertiary/aromatic N) is 1. The van der Waals surface area contributed by atoms with E-state index in [1.165, 1.54) is 41.7 Å². The molecule has 0 radical (unpaired) electrons. The molecule has 15 heteroatoms. The topological polar surface area (TPSA) is 259 Å². The third-order valence-corrected chi connectivity index (χ3v) is 12.6. The van der Waals surface area contributed by atoms with Gasteiger partial charge in [-0.05, 0) is 132 Å². The van der Waals surface area contributed by atoms with Gasteiger partial charge in [0.15, 0.2) is 23.3 Å². The quantitative estimate of drug-likeness (QED) is 0.0191. The lowest BCUT2D eigenvalue weighted by Gasteiger charge is -2.04. The number of carbonyl (C=O) groups is 6. The number of anilines is 2. The van der Waals surface area contributed by atoms with Gasteiger partial charge in [-0.15, -0.1) is 0 Å².